The molecule has 9 nitrogen and oxygen atoms in total. The van der Waals surface area contributed by atoms with Crippen molar-refractivity contribution in [3.8, 4) is 11.3 Å². The van der Waals surface area contributed by atoms with Crippen LogP contribution >= 0.6 is 0 Å². The summed E-state index contributed by atoms with van der Waals surface area (Å²) in [5.41, 5.74) is 3.38. The van der Waals surface area contributed by atoms with E-state index >= 15 is 4.39 Å². The van der Waals surface area contributed by atoms with Crippen molar-refractivity contribution >= 4 is 39.7 Å². The number of pyridine rings is 3. The van der Waals surface area contributed by atoms with Crippen LogP contribution in [0.1, 0.15) is 32.1 Å². The highest BCUT2D eigenvalue weighted by Gasteiger charge is 2.47. The summed E-state index contributed by atoms with van der Waals surface area (Å²) in [7, 11) is 0. The van der Waals surface area contributed by atoms with Crippen LogP contribution in [0.4, 0.5) is 27.3 Å². The number of carbonyl (C=O) groups is 1. The predicted octanol–water partition coefficient (Wildman–Crippen LogP) is 4.80. The van der Waals surface area contributed by atoms with E-state index in [0.717, 1.165) is 64.0 Å². The Morgan fingerprint density at radius 3 is 2.56 bits per heavy atom. The molecule has 0 atom stereocenters. The van der Waals surface area contributed by atoms with Crippen molar-refractivity contribution in [2.75, 3.05) is 41.7 Å². The van der Waals surface area contributed by atoms with Crippen LogP contribution in [0.15, 0.2) is 59.7 Å². The van der Waals surface area contributed by atoms with Crippen LogP contribution in [0.5, 0.6) is 0 Å². The van der Waals surface area contributed by atoms with Gasteiger partial charge in [0.2, 0.25) is 5.91 Å². The van der Waals surface area contributed by atoms with Crippen LogP contribution in [0.2, 0.25) is 0 Å². The maximum Gasteiger partial charge on any atom is 0.259 e. The van der Waals surface area contributed by atoms with Crippen molar-refractivity contribution in [2.24, 2.45) is 11.3 Å². The number of rotatable bonds is 6. The van der Waals surface area contributed by atoms with Gasteiger partial charge in [0.1, 0.15) is 11.6 Å². The lowest BCUT2D eigenvalue weighted by Gasteiger charge is -2.57. The summed E-state index contributed by atoms with van der Waals surface area (Å²) in [5.74, 6) is -0.139. The number of hydrogen-bond donors (Lipinski definition) is 4. The highest BCUT2D eigenvalue weighted by atomic mass is 19.1. The summed E-state index contributed by atoms with van der Waals surface area (Å²) in [4.78, 5) is 39.7. The summed E-state index contributed by atoms with van der Waals surface area (Å²) >= 11 is 0. The van der Waals surface area contributed by atoms with Crippen molar-refractivity contribution < 1.29 is 9.18 Å². The third-order valence-electron chi connectivity index (χ3n) is 8.66. The van der Waals surface area contributed by atoms with Gasteiger partial charge in [-0.1, -0.05) is 25.3 Å². The molecule has 3 aliphatic rings. The maximum atomic E-state index is 15.2. The lowest BCUT2D eigenvalue weighted by atomic mass is 9.74. The number of hydrogen-bond acceptors (Lipinski definition) is 7. The molecule has 5 heterocycles. The normalized spacial score (nSPS) is 18.1. The molecule has 0 radical (unpaired) electrons. The molecule has 2 saturated heterocycles. The summed E-state index contributed by atoms with van der Waals surface area (Å²) in [6.45, 7) is 4.21. The molecular formula is C31H32FN7O2. The van der Waals surface area contributed by atoms with E-state index in [0.29, 0.717) is 39.1 Å². The first kappa shape index (κ1) is 25.6. The number of H-pyrrole nitrogens is 1. The first-order chi connectivity index (χ1) is 20.0. The Morgan fingerprint density at radius 2 is 1.85 bits per heavy atom. The Labute approximate surface area is 236 Å². The van der Waals surface area contributed by atoms with Gasteiger partial charge in [0.05, 0.1) is 39.9 Å². The van der Waals surface area contributed by atoms with E-state index < -0.39 is 5.82 Å². The molecule has 7 rings (SSSR count). The Hall–Kier alpha value is -4.31. The molecule has 10 heteroatoms. The largest absolute Gasteiger partial charge is 0.369 e. The first-order valence-corrected chi connectivity index (χ1v) is 14.3. The van der Waals surface area contributed by atoms with Crippen molar-refractivity contribution in [1.29, 1.82) is 0 Å². The minimum atomic E-state index is -0.531. The summed E-state index contributed by atoms with van der Waals surface area (Å²) in [5, 5.41) is 9.78. The second-order valence-electron chi connectivity index (χ2n) is 11.6. The molecule has 4 aromatic rings. The average Bonchev–Trinajstić information content (AvgIpc) is 2.94. The molecule has 4 N–H and O–H groups in total. The molecule has 3 fully saturated rings. The minimum absolute atomic E-state index is 0.0676. The number of nitrogens with zero attached hydrogens (tertiary/aromatic N) is 3. The number of aromatic amines is 1. The molecule has 41 heavy (non-hydrogen) atoms. The lowest BCUT2D eigenvalue weighted by molar-refractivity contribution is -0.120. The highest BCUT2D eigenvalue weighted by molar-refractivity contribution is 5.95. The fourth-order valence-corrected chi connectivity index (χ4v) is 6.25. The van der Waals surface area contributed by atoms with Gasteiger partial charge in [0, 0.05) is 49.3 Å². The van der Waals surface area contributed by atoms with E-state index in [1.807, 2.05) is 18.3 Å². The van der Waals surface area contributed by atoms with Gasteiger partial charge in [-0.15, -0.1) is 0 Å². The zero-order valence-corrected chi connectivity index (χ0v) is 22.7. The van der Waals surface area contributed by atoms with E-state index in [2.05, 4.69) is 35.8 Å². The van der Waals surface area contributed by atoms with Gasteiger partial charge in [0.25, 0.3) is 5.56 Å². The molecule has 1 spiro atoms. The van der Waals surface area contributed by atoms with E-state index in [-0.39, 0.29) is 23.1 Å². The maximum absolute atomic E-state index is 15.2. The second-order valence-corrected chi connectivity index (χ2v) is 11.6. The molecule has 0 unspecified atom stereocenters. The van der Waals surface area contributed by atoms with Gasteiger partial charge in [-0.2, -0.15) is 0 Å². The van der Waals surface area contributed by atoms with Gasteiger partial charge in [-0.25, -0.2) is 14.4 Å². The number of halogens is 1. The van der Waals surface area contributed by atoms with Crippen molar-refractivity contribution in [2.45, 2.75) is 32.1 Å². The third kappa shape index (κ3) is 4.93. The number of aromatic nitrogens is 3. The SMILES string of the molecule is O=C(Nc1ccc(-c2cc(Nc3ccc(N4CC5(CNC5)C4)cn3)c3c(=O)[nH]ccc3n2)cc1F)C1CCCCC1. The smallest absolute Gasteiger partial charge is 0.259 e. The van der Waals surface area contributed by atoms with Crippen LogP contribution in [0, 0.1) is 17.2 Å². The highest BCUT2D eigenvalue weighted by Crippen LogP contribution is 2.37. The zero-order chi connectivity index (χ0) is 28.0. The minimum Gasteiger partial charge on any atom is -0.369 e. The molecule has 3 aromatic heterocycles. The monoisotopic (exact) mass is 553 g/mol. The summed E-state index contributed by atoms with van der Waals surface area (Å²) < 4.78 is 15.2. The van der Waals surface area contributed by atoms with Crippen molar-refractivity contribution in [3.63, 3.8) is 0 Å². The van der Waals surface area contributed by atoms with Crippen LogP contribution in [-0.2, 0) is 4.79 Å². The van der Waals surface area contributed by atoms with Crippen LogP contribution in [0.25, 0.3) is 22.2 Å². The molecule has 1 aliphatic carbocycles. The zero-order valence-electron chi connectivity index (χ0n) is 22.7. The van der Waals surface area contributed by atoms with Crippen LogP contribution in [-0.4, -0.2) is 47.0 Å². The third-order valence-corrected chi connectivity index (χ3v) is 8.66. The van der Waals surface area contributed by atoms with Gasteiger partial charge in [0.15, 0.2) is 0 Å². The Bertz CT molecular complexity index is 1670. The van der Waals surface area contributed by atoms with Gasteiger partial charge >= 0.3 is 0 Å². The fourth-order valence-electron chi connectivity index (χ4n) is 6.25. The Balaban J connectivity index is 1.14. The molecule has 210 valence electrons. The Kier molecular flexibility index (Phi) is 6.42. The van der Waals surface area contributed by atoms with Gasteiger partial charge in [-0.05, 0) is 49.2 Å². The summed E-state index contributed by atoms with van der Waals surface area (Å²) in [6, 6.07) is 12.0. The van der Waals surface area contributed by atoms with E-state index in [9.17, 15) is 9.59 Å². The molecule has 0 bridgehead atoms. The molecule has 2 aliphatic heterocycles. The first-order valence-electron chi connectivity index (χ1n) is 14.3. The molecule has 1 aromatic carbocycles. The fraction of sp³-hybridized carbons (Fsp3) is 0.355. The topological polar surface area (TPSA) is 115 Å². The standard InChI is InChI=1S/C31H32FN7O2/c32-22-12-20(6-8-23(22)38-29(40)19-4-2-1-3-5-19)25-13-26(28-24(36-25)10-11-34-30(28)41)37-27-9-7-21(14-35-27)39-17-31(18-39)15-33-16-31/h6-14,19,33H,1-5,15-18H2,(H,34,41)(H,38,40)(H,35,36,37). The van der Waals surface area contributed by atoms with E-state index in [1.54, 1.807) is 30.5 Å². The lowest BCUT2D eigenvalue weighted by Crippen LogP contribution is -2.71. The number of fused-ring (bicyclic) bond motifs is 1. The van der Waals surface area contributed by atoms with E-state index in [1.165, 1.54) is 6.07 Å². The van der Waals surface area contributed by atoms with Crippen molar-refractivity contribution in [3.05, 3.63) is 71.0 Å². The van der Waals surface area contributed by atoms with Crippen LogP contribution < -0.4 is 26.4 Å². The average molecular weight is 554 g/mol. The number of benzene rings is 1. The van der Waals surface area contributed by atoms with Gasteiger partial charge in [-0.3, -0.25) is 9.59 Å². The van der Waals surface area contributed by atoms with E-state index in [4.69, 9.17) is 0 Å². The molecule has 1 amide bonds. The summed E-state index contributed by atoms with van der Waals surface area (Å²) in [6.07, 6.45) is 8.27. The van der Waals surface area contributed by atoms with Crippen LogP contribution in [0.3, 0.4) is 0 Å². The number of anilines is 4. The second kappa shape index (κ2) is 10.3. The number of carbonyl (C=O) groups excluding carboxylic acids is 1. The predicted molar refractivity (Wildman–Crippen MR) is 158 cm³/mol. The van der Waals surface area contributed by atoms with Gasteiger partial charge < -0.3 is 25.8 Å². The van der Waals surface area contributed by atoms with Crippen molar-refractivity contribution in [1.82, 2.24) is 20.3 Å². The number of nitrogens with one attached hydrogen (secondary N) is 4. The quantitative estimate of drug-likeness (QED) is 0.271. The Morgan fingerprint density at radius 1 is 1.02 bits per heavy atom. The molecular weight excluding hydrogens is 521 g/mol. The number of amides is 1. The molecule has 1 saturated carbocycles.